The van der Waals surface area contributed by atoms with Crippen molar-refractivity contribution in [3.05, 3.63) is 58.9 Å². The van der Waals surface area contributed by atoms with E-state index in [1.54, 1.807) is 6.07 Å². The van der Waals surface area contributed by atoms with Crippen LogP contribution in [0.3, 0.4) is 0 Å². The van der Waals surface area contributed by atoms with Gasteiger partial charge in [0.05, 0.1) is 0 Å². The average Bonchev–Trinajstić information content (AvgIpc) is 2.44. The molecule has 0 saturated carbocycles. The first-order chi connectivity index (χ1) is 9.54. The van der Waals surface area contributed by atoms with E-state index in [2.05, 4.69) is 5.32 Å². The summed E-state index contributed by atoms with van der Waals surface area (Å²) in [5, 5.41) is 3.10. The molecule has 4 heteroatoms. The van der Waals surface area contributed by atoms with Crippen molar-refractivity contribution in [1.29, 1.82) is 0 Å². The summed E-state index contributed by atoms with van der Waals surface area (Å²) in [6.07, 6.45) is 0. The van der Waals surface area contributed by atoms with Gasteiger partial charge in [-0.1, -0.05) is 25.1 Å². The van der Waals surface area contributed by atoms with Gasteiger partial charge < -0.3 is 5.32 Å². The summed E-state index contributed by atoms with van der Waals surface area (Å²) < 4.78 is 41.2. The molecule has 0 fully saturated rings. The van der Waals surface area contributed by atoms with Crippen LogP contribution in [-0.4, -0.2) is 6.54 Å². The molecular formula is C16H16F3N. The van der Waals surface area contributed by atoms with Crippen LogP contribution < -0.4 is 5.32 Å². The van der Waals surface area contributed by atoms with E-state index < -0.39 is 17.5 Å². The van der Waals surface area contributed by atoms with Crippen LogP contribution in [0.15, 0.2) is 30.3 Å². The monoisotopic (exact) mass is 279 g/mol. The zero-order valence-electron chi connectivity index (χ0n) is 11.4. The normalized spacial score (nSPS) is 10.8. The van der Waals surface area contributed by atoms with Crippen molar-refractivity contribution >= 4 is 0 Å². The molecule has 2 aromatic rings. The summed E-state index contributed by atoms with van der Waals surface area (Å²) >= 11 is 0. The summed E-state index contributed by atoms with van der Waals surface area (Å²) in [5.41, 5.74) is 1.43. The predicted octanol–water partition coefficient (Wildman–Crippen LogP) is 4.19. The molecule has 2 rings (SSSR count). The summed E-state index contributed by atoms with van der Waals surface area (Å²) in [6.45, 7) is 4.64. The number of halogens is 3. The largest absolute Gasteiger partial charge is 0.313 e. The minimum atomic E-state index is -0.937. The van der Waals surface area contributed by atoms with E-state index in [0.29, 0.717) is 12.1 Å². The van der Waals surface area contributed by atoms with Gasteiger partial charge in [-0.15, -0.1) is 0 Å². The second-order valence-electron chi connectivity index (χ2n) is 4.64. The molecule has 0 amide bonds. The van der Waals surface area contributed by atoms with Crippen LogP contribution in [0.2, 0.25) is 0 Å². The lowest BCUT2D eigenvalue weighted by Crippen LogP contribution is -2.13. The zero-order chi connectivity index (χ0) is 14.7. The van der Waals surface area contributed by atoms with E-state index in [1.807, 2.05) is 6.92 Å². The van der Waals surface area contributed by atoms with E-state index in [1.165, 1.54) is 31.2 Å². The Bertz CT molecular complexity index is 623. The van der Waals surface area contributed by atoms with Crippen molar-refractivity contribution in [2.45, 2.75) is 20.4 Å². The molecule has 0 aliphatic heterocycles. The van der Waals surface area contributed by atoms with Gasteiger partial charge in [-0.25, -0.2) is 13.2 Å². The van der Waals surface area contributed by atoms with Gasteiger partial charge in [0.15, 0.2) is 11.6 Å². The van der Waals surface area contributed by atoms with Crippen molar-refractivity contribution in [2.75, 3.05) is 6.54 Å². The van der Waals surface area contributed by atoms with Crippen molar-refractivity contribution in [3.8, 4) is 11.1 Å². The van der Waals surface area contributed by atoms with Gasteiger partial charge in [-0.05, 0) is 42.3 Å². The quantitative estimate of drug-likeness (QED) is 0.885. The Morgan fingerprint density at radius 2 is 1.70 bits per heavy atom. The Balaban J connectivity index is 2.56. The Hall–Kier alpha value is -1.81. The Morgan fingerprint density at radius 1 is 0.950 bits per heavy atom. The molecule has 20 heavy (non-hydrogen) atoms. The van der Waals surface area contributed by atoms with Crippen molar-refractivity contribution < 1.29 is 13.2 Å². The molecule has 1 N–H and O–H groups in total. The van der Waals surface area contributed by atoms with Crippen LogP contribution in [0, 0.1) is 24.4 Å². The van der Waals surface area contributed by atoms with Crippen LogP contribution in [0.4, 0.5) is 13.2 Å². The van der Waals surface area contributed by atoms with Gasteiger partial charge in [-0.3, -0.25) is 0 Å². The second-order valence-corrected chi connectivity index (χ2v) is 4.64. The van der Waals surface area contributed by atoms with Gasteiger partial charge >= 0.3 is 0 Å². The van der Waals surface area contributed by atoms with Crippen LogP contribution in [-0.2, 0) is 6.54 Å². The first-order valence-corrected chi connectivity index (χ1v) is 6.48. The zero-order valence-corrected chi connectivity index (χ0v) is 11.4. The molecule has 0 unspecified atom stereocenters. The van der Waals surface area contributed by atoms with Crippen LogP contribution >= 0.6 is 0 Å². The van der Waals surface area contributed by atoms with E-state index in [0.717, 1.165) is 12.1 Å². The van der Waals surface area contributed by atoms with Crippen LogP contribution in [0.1, 0.15) is 18.1 Å². The molecule has 0 heterocycles. The standard InChI is InChI=1S/C16H16F3N/c1-3-20-9-11-5-6-12(17)8-14(11)13-7-4-10(2)15(18)16(13)19/h4-8,20H,3,9H2,1-2H3. The molecule has 0 aliphatic carbocycles. The maximum atomic E-state index is 14.1. The Morgan fingerprint density at radius 3 is 2.40 bits per heavy atom. The lowest BCUT2D eigenvalue weighted by atomic mass is 9.97. The van der Waals surface area contributed by atoms with E-state index >= 15 is 0 Å². The highest BCUT2D eigenvalue weighted by Gasteiger charge is 2.15. The van der Waals surface area contributed by atoms with E-state index in [-0.39, 0.29) is 11.1 Å². The number of benzene rings is 2. The maximum Gasteiger partial charge on any atom is 0.166 e. The molecule has 106 valence electrons. The van der Waals surface area contributed by atoms with Gasteiger partial charge in [0.1, 0.15) is 5.82 Å². The van der Waals surface area contributed by atoms with Crippen molar-refractivity contribution in [2.24, 2.45) is 0 Å². The third-order valence-corrected chi connectivity index (χ3v) is 3.20. The fourth-order valence-electron chi connectivity index (χ4n) is 2.07. The number of rotatable bonds is 4. The SMILES string of the molecule is CCNCc1ccc(F)cc1-c1ccc(C)c(F)c1F. The molecule has 0 radical (unpaired) electrons. The fourth-order valence-corrected chi connectivity index (χ4v) is 2.07. The minimum Gasteiger partial charge on any atom is -0.313 e. The second kappa shape index (κ2) is 6.09. The van der Waals surface area contributed by atoms with Gasteiger partial charge in [0.2, 0.25) is 0 Å². The van der Waals surface area contributed by atoms with Gasteiger partial charge in [0, 0.05) is 12.1 Å². The highest BCUT2D eigenvalue weighted by molar-refractivity contribution is 5.68. The lowest BCUT2D eigenvalue weighted by Gasteiger charge is -2.12. The predicted molar refractivity (Wildman–Crippen MR) is 73.9 cm³/mol. The molecule has 0 bridgehead atoms. The lowest BCUT2D eigenvalue weighted by molar-refractivity contribution is 0.505. The van der Waals surface area contributed by atoms with Crippen LogP contribution in [0.5, 0.6) is 0 Å². The number of hydrogen-bond acceptors (Lipinski definition) is 1. The van der Waals surface area contributed by atoms with E-state index in [4.69, 9.17) is 0 Å². The number of hydrogen-bond donors (Lipinski definition) is 1. The number of aryl methyl sites for hydroxylation is 1. The highest BCUT2D eigenvalue weighted by Crippen LogP contribution is 2.29. The summed E-state index contributed by atoms with van der Waals surface area (Å²) in [6, 6.07) is 7.12. The topological polar surface area (TPSA) is 12.0 Å². The van der Waals surface area contributed by atoms with Crippen LogP contribution in [0.25, 0.3) is 11.1 Å². The third-order valence-electron chi connectivity index (χ3n) is 3.20. The Kier molecular flexibility index (Phi) is 4.45. The minimum absolute atomic E-state index is 0.0838. The van der Waals surface area contributed by atoms with Crippen molar-refractivity contribution in [1.82, 2.24) is 5.32 Å². The van der Waals surface area contributed by atoms with Gasteiger partial charge in [-0.2, -0.15) is 0 Å². The first-order valence-electron chi connectivity index (χ1n) is 6.48. The fraction of sp³-hybridized carbons (Fsp3) is 0.250. The molecule has 0 spiro atoms. The van der Waals surface area contributed by atoms with Crippen molar-refractivity contribution in [3.63, 3.8) is 0 Å². The molecule has 0 atom stereocenters. The van der Waals surface area contributed by atoms with E-state index in [9.17, 15) is 13.2 Å². The summed E-state index contributed by atoms with van der Waals surface area (Å²) in [7, 11) is 0. The molecule has 0 saturated heterocycles. The third kappa shape index (κ3) is 2.85. The average molecular weight is 279 g/mol. The maximum absolute atomic E-state index is 14.1. The molecule has 0 aromatic heterocycles. The summed E-state index contributed by atoms with van der Waals surface area (Å²) in [4.78, 5) is 0. The first kappa shape index (κ1) is 14.6. The summed E-state index contributed by atoms with van der Waals surface area (Å²) in [5.74, 6) is -2.30. The molecule has 1 nitrogen and oxygen atoms in total. The Labute approximate surface area is 116 Å². The molecular weight excluding hydrogens is 263 g/mol. The molecule has 2 aromatic carbocycles. The number of nitrogens with one attached hydrogen (secondary N) is 1. The molecule has 0 aliphatic rings. The van der Waals surface area contributed by atoms with Gasteiger partial charge in [0.25, 0.3) is 0 Å². The highest BCUT2D eigenvalue weighted by atomic mass is 19.2. The smallest absolute Gasteiger partial charge is 0.166 e.